The Morgan fingerprint density at radius 3 is 3.00 bits per heavy atom. The number of nitrogens with zero attached hydrogens (tertiary/aromatic N) is 1. The lowest BCUT2D eigenvalue weighted by Crippen LogP contribution is -2.62. The maximum atomic E-state index is 5.94. The van der Waals surface area contributed by atoms with Crippen LogP contribution < -0.4 is 0 Å². The second-order valence-corrected chi connectivity index (χ2v) is 7.67. The molecule has 2 aromatic rings. The van der Waals surface area contributed by atoms with Crippen LogP contribution in [0.4, 0.5) is 0 Å². The zero-order valence-electron chi connectivity index (χ0n) is 14.1. The summed E-state index contributed by atoms with van der Waals surface area (Å²) in [5.41, 5.74) is 4.45. The number of hydrogen-bond acceptors (Lipinski definition) is 2. The second-order valence-electron chi connectivity index (χ2n) is 7.67. The van der Waals surface area contributed by atoms with Crippen molar-refractivity contribution in [1.29, 1.82) is 0 Å². The van der Waals surface area contributed by atoms with Gasteiger partial charge in [0.25, 0.3) is 0 Å². The summed E-state index contributed by atoms with van der Waals surface area (Å²) in [6, 6.07) is 9.51. The van der Waals surface area contributed by atoms with E-state index in [1.165, 1.54) is 48.9 Å². The number of nitrogens with one attached hydrogen (secondary N) is 1. The summed E-state index contributed by atoms with van der Waals surface area (Å²) < 4.78 is 5.94. The topological polar surface area (TPSA) is 28.3 Å². The predicted octanol–water partition coefficient (Wildman–Crippen LogP) is 3.55. The van der Waals surface area contributed by atoms with Crippen LogP contribution in [0.2, 0.25) is 0 Å². The van der Waals surface area contributed by atoms with Crippen LogP contribution in [0.1, 0.15) is 36.9 Å². The van der Waals surface area contributed by atoms with E-state index in [-0.39, 0.29) is 0 Å². The molecule has 4 heterocycles. The smallest absolute Gasteiger partial charge is 0.0655 e. The van der Waals surface area contributed by atoms with Gasteiger partial charge in [0.15, 0.2) is 0 Å². The molecule has 0 radical (unpaired) electrons. The molecule has 122 valence electrons. The van der Waals surface area contributed by atoms with Gasteiger partial charge in [0.05, 0.1) is 6.10 Å². The lowest BCUT2D eigenvalue weighted by molar-refractivity contribution is -0.123. The number of ether oxygens (including phenoxy) is 1. The summed E-state index contributed by atoms with van der Waals surface area (Å²) in [4.78, 5) is 6.59. The number of benzene rings is 1. The molecule has 1 aliphatic carbocycles. The molecule has 1 saturated carbocycles. The molecule has 0 amide bonds. The Hall–Kier alpha value is -1.32. The van der Waals surface area contributed by atoms with Crippen molar-refractivity contribution in [2.75, 3.05) is 20.2 Å². The van der Waals surface area contributed by atoms with Gasteiger partial charge in [0.2, 0.25) is 0 Å². The zero-order chi connectivity index (χ0) is 15.6. The largest absolute Gasteiger partial charge is 0.381 e. The van der Waals surface area contributed by atoms with Crippen molar-refractivity contribution < 1.29 is 4.74 Å². The Labute approximate surface area is 138 Å². The fourth-order valence-corrected chi connectivity index (χ4v) is 6.00. The number of H-pyrrole nitrogens is 1. The lowest BCUT2D eigenvalue weighted by Gasteiger charge is -2.56. The third-order valence-electron chi connectivity index (χ3n) is 6.79. The Balaban J connectivity index is 1.65. The molecule has 1 aromatic carbocycles. The van der Waals surface area contributed by atoms with Crippen LogP contribution in [0, 0.1) is 11.8 Å². The van der Waals surface area contributed by atoms with Gasteiger partial charge in [0.1, 0.15) is 0 Å². The van der Waals surface area contributed by atoms with Crippen molar-refractivity contribution in [1.82, 2.24) is 9.88 Å². The van der Waals surface area contributed by atoms with E-state index in [1.54, 1.807) is 5.56 Å². The van der Waals surface area contributed by atoms with Crippen molar-refractivity contribution in [2.45, 2.75) is 44.2 Å². The van der Waals surface area contributed by atoms with Gasteiger partial charge in [0, 0.05) is 54.7 Å². The molecule has 0 spiro atoms. The molecule has 1 N–H and O–H groups in total. The SMILES string of the molecule is CC[C@H]1C(OC)[C@@H]2C[C@H]3c4[nH]c5ccccc5c4CCN(C2)[C@H]31. The molecular weight excluding hydrogens is 284 g/mol. The predicted molar refractivity (Wildman–Crippen MR) is 92.8 cm³/mol. The number of aromatic nitrogens is 1. The van der Waals surface area contributed by atoms with Gasteiger partial charge in [-0.1, -0.05) is 25.1 Å². The Kier molecular flexibility index (Phi) is 3.11. The quantitative estimate of drug-likeness (QED) is 0.919. The van der Waals surface area contributed by atoms with E-state index in [1.807, 2.05) is 7.11 Å². The molecule has 2 unspecified atom stereocenters. The first-order chi connectivity index (χ1) is 11.3. The van der Waals surface area contributed by atoms with Crippen molar-refractivity contribution >= 4 is 10.9 Å². The van der Waals surface area contributed by atoms with Crippen LogP contribution in [0.3, 0.4) is 0 Å². The molecule has 23 heavy (non-hydrogen) atoms. The van der Waals surface area contributed by atoms with Crippen molar-refractivity contribution in [2.24, 2.45) is 11.8 Å². The number of aromatic amines is 1. The van der Waals surface area contributed by atoms with E-state index in [9.17, 15) is 0 Å². The number of piperidine rings is 2. The van der Waals surface area contributed by atoms with Gasteiger partial charge in [-0.15, -0.1) is 0 Å². The monoisotopic (exact) mass is 310 g/mol. The highest BCUT2D eigenvalue weighted by molar-refractivity contribution is 5.85. The summed E-state index contributed by atoms with van der Waals surface area (Å²) in [5, 5.41) is 1.45. The summed E-state index contributed by atoms with van der Waals surface area (Å²) in [7, 11) is 1.92. The maximum Gasteiger partial charge on any atom is 0.0655 e. The van der Waals surface area contributed by atoms with Crippen LogP contribution in [0.5, 0.6) is 0 Å². The van der Waals surface area contributed by atoms with Crippen LogP contribution >= 0.6 is 0 Å². The molecule has 3 aliphatic heterocycles. The van der Waals surface area contributed by atoms with Crippen LogP contribution in [-0.4, -0.2) is 42.2 Å². The molecule has 4 bridgehead atoms. The first kappa shape index (κ1) is 14.1. The average molecular weight is 310 g/mol. The first-order valence-electron chi connectivity index (χ1n) is 9.18. The van der Waals surface area contributed by atoms with Crippen LogP contribution in [0.25, 0.3) is 10.9 Å². The molecule has 6 atom stereocenters. The molecule has 3 fully saturated rings. The molecular formula is C20H26N2O. The summed E-state index contributed by atoms with van der Waals surface area (Å²) in [6.07, 6.45) is 4.16. The van der Waals surface area contributed by atoms with Gasteiger partial charge < -0.3 is 9.72 Å². The first-order valence-corrected chi connectivity index (χ1v) is 9.18. The summed E-state index contributed by atoms with van der Waals surface area (Å²) >= 11 is 0. The van der Waals surface area contributed by atoms with E-state index in [0.717, 1.165) is 0 Å². The molecule has 4 aliphatic rings. The van der Waals surface area contributed by atoms with Gasteiger partial charge in [-0.05, 0) is 36.8 Å². The van der Waals surface area contributed by atoms with Crippen LogP contribution in [-0.2, 0) is 11.2 Å². The average Bonchev–Trinajstić information content (AvgIpc) is 2.93. The van der Waals surface area contributed by atoms with E-state index in [4.69, 9.17) is 4.74 Å². The van der Waals surface area contributed by atoms with Crippen molar-refractivity contribution in [3.8, 4) is 0 Å². The number of rotatable bonds is 2. The van der Waals surface area contributed by atoms with E-state index >= 15 is 0 Å². The van der Waals surface area contributed by atoms with Crippen molar-refractivity contribution in [3.63, 3.8) is 0 Å². The standard InChI is InChI=1S/C20H26N2O/c1-3-13-19-16-10-12(20(13)23-2)11-22(19)9-8-15-14-6-4-5-7-17(14)21-18(15)16/h4-7,12-13,16,19-21H,3,8-11H2,1-2H3/t12-,13-,16+,19+,20?/m1/s1. The maximum absolute atomic E-state index is 5.94. The molecule has 6 rings (SSSR count). The normalized spacial score (nSPS) is 38.5. The zero-order valence-corrected chi connectivity index (χ0v) is 14.1. The minimum atomic E-state index is 0.462. The molecule has 3 nitrogen and oxygen atoms in total. The number of methoxy groups -OCH3 is 1. The number of para-hydroxylation sites is 1. The minimum absolute atomic E-state index is 0.462. The number of fused-ring (bicyclic) bond motifs is 4. The van der Waals surface area contributed by atoms with E-state index in [0.29, 0.717) is 29.9 Å². The third-order valence-corrected chi connectivity index (χ3v) is 6.79. The van der Waals surface area contributed by atoms with E-state index in [2.05, 4.69) is 41.1 Å². The Bertz CT molecular complexity index is 736. The minimum Gasteiger partial charge on any atom is -0.381 e. The Morgan fingerprint density at radius 1 is 1.30 bits per heavy atom. The van der Waals surface area contributed by atoms with Gasteiger partial charge >= 0.3 is 0 Å². The molecule has 3 heteroatoms. The van der Waals surface area contributed by atoms with Crippen molar-refractivity contribution in [3.05, 3.63) is 35.5 Å². The highest BCUT2D eigenvalue weighted by Crippen LogP contribution is 2.51. The van der Waals surface area contributed by atoms with Crippen LogP contribution in [0.15, 0.2) is 24.3 Å². The lowest BCUT2D eigenvalue weighted by atomic mass is 9.63. The molecule has 2 saturated heterocycles. The van der Waals surface area contributed by atoms with E-state index < -0.39 is 0 Å². The fourth-order valence-electron chi connectivity index (χ4n) is 6.00. The van der Waals surface area contributed by atoms with Gasteiger partial charge in [-0.3, -0.25) is 4.90 Å². The van der Waals surface area contributed by atoms with Gasteiger partial charge in [-0.25, -0.2) is 0 Å². The second kappa shape index (κ2) is 5.09. The highest BCUT2D eigenvalue weighted by Gasteiger charge is 2.53. The fraction of sp³-hybridized carbons (Fsp3) is 0.600. The summed E-state index contributed by atoms with van der Waals surface area (Å²) in [6.45, 7) is 4.79. The summed E-state index contributed by atoms with van der Waals surface area (Å²) in [5.74, 6) is 2.03. The Morgan fingerprint density at radius 2 is 2.17 bits per heavy atom. The van der Waals surface area contributed by atoms with Gasteiger partial charge in [-0.2, -0.15) is 0 Å². The number of hydrogen-bond donors (Lipinski definition) is 1. The highest BCUT2D eigenvalue weighted by atomic mass is 16.5. The molecule has 1 aromatic heterocycles. The third kappa shape index (κ3) is 1.84.